The Bertz CT molecular complexity index is 2910. The van der Waals surface area contributed by atoms with Crippen molar-refractivity contribution in [1.29, 1.82) is 0 Å². The van der Waals surface area contributed by atoms with Crippen LogP contribution in [0.5, 0.6) is 0 Å². The number of esters is 1. The molecule has 69 heavy (non-hydrogen) atoms. The molecule has 2 aliphatic rings. The van der Waals surface area contributed by atoms with Gasteiger partial charge in [0, 0.05) is 39.3 Å². The Morgan fingerprint density at radius 1 is 0.739 bits per heavy atom. The van der Waals surface area contributed by atoms with Crippen molar-refractivity contribution in [3.05, 3.63) is 238 Å². The summed E-state index contributed by atoms with van der Waals surface area (Å²) in [6.45, 7) is 1.11. The number of nitrogens with zero attached hydrogens (tertiary/aromatic N) is 3. The molecular formula is C55H43N5O7S2. The topological polar surface area (TPSA) is 160 Å². The van der Waals surface area contributed by atoms with E-state index in [1.54, 1.807) is 5.38 Å². The van der Waals surface area contributed by atoms with Crippen LogP contribution >= 0.6 is 23.1 Å². The number of aromatic nitrogens is 1. The number of carbonyl (C=O) groups is 4. The van der Waals surface area contributed by atoms with Gasteiger partial charge in [-0.2, -0.15) is 0 Å². The Balaban J connectivity index is 1.14. The van der Waals surface area contributed by atoms with Gasteiger partial charge in [0.2, 0.25) is 5.60 Å². The minimum atomic E-state index is -1.39. The van der Waals surface area contributed by atoms with Crippen molar-refractivity contribution in [3.8, 4) is 11.8 Å². The first-order chi connectivity index (χ1) is 33.7. The van der Waals surface area contributed by atoms with E-state index in [0.29, 0.717) is 5.13 Å². The van der Waals surface area contributed by atoms with Crippen LogP contribution in [0.25, 0.3) is 0 Å². The number of ether oxygens (including phenoxy) is 1. The van der Waals surface area contributed by atoms with Crippen LogP contribution in [0.2, 0.25) is 0 Å². The number of carboxylic acid groups (broad SMARTS) is 1. The van der Waals surface area contributed by atoms with Crippen LogP contribution in [-0.2, 0) is 39.9 Å². The highest BCUT2D eigenvalue weighted by molar-refractivity contribution is 8.00. The van der Waals surface area contributed by atoms with Crippen molar-refractivity contribution in [2.24, 2.45) is 5.16 Å². The standard InChI is InChI=1S/C55H43N5O7S2/c1-2-21-45(61)66-34-37-35-68-51-47(50(63)60(51)48(37)52(64)65)57-49(62)46(59-67-55(41-28-15-6-16-29-41,42-30-17-7-18-31-42)43-32-19-8-20-33-43)44-36-69-53(56-44)58-54(38-22-9-3-10-23-38,39-24-11-4-12-25-39)40-26-13-5-14-27-40/h3-20,22-33,36,47,51H,34-35H2,1H3,(H,56,58)(H,57,62)(H,64,65)/b59-46-/t47-,51-/m1/s1. The second-order valence-corrected chi connectivity index (χ2v) is 17.9. The lowest BCUT2D eigenvalue weighted by atomic mass is 9.77. The quantitative estimate of drug-likeness (QED) is 0.0163. The molecule has 0 unspecified atom stereocenters. The monoisotopic (exact) mass is 949 g/mol. The number of anilines is 1. The van der Waals surface area contributed by atoms with E-state index in [-0.39, 0.29) is 35.0 Å². The number of hydrogen-bond acceptors (Lipinski definition) is 11. The Morgan fingerprint density at radius 3 is 1.65 bits per heavy atom. The van der Waals surface area contributed by atoms with Gasteiger partial charge in [-0.15, -0.1) is 23.1 Å². The third-order valence-electron chi connectivity index (χ3n) is 11.8. The molecule has 1 aromatic heterocycles. The van der Waals surface area contributed by atoms with Crippen LogP contribution < -0.4 is 10.6 Å². The largest absolute Gasteiger partial charge is 0.477 e. The fourth-order valence-corrected chi connectivity index (χ4v) is 10.7. The van der Waals surface area contributed by atoms with E-state index in [9.17, 15) is 19.5 Å². The third kappa shape index (κ3) is 9.01. The second kappa shape index (κ2) is 20.3. The van der Waals surface area contributed by atoms with Crippen molar-refractivity contribution < 1.29 is 33.9 Å². The maximum atomic E-state index is 15.0. The molecule has 0 spiro atoms. The summed E-state index contributed by atoms with van der Waals surface area (Å²) in [6.07, 6.45) is 0. The molecule has 12 nitrogen and oxygen atoms in total. The smallest absolute Gasteiger partial charge is 0.384 e. The summed E-state index contributed by atoms with van der Waals surface area (Å²) in [5.41, 5.74) is 2.50. The minimum Gasteiger partial charge on any atom is -0.477 e. The van der Waals surface area contributed by atoms with Gasteiger partial charge in [0.15, 0.2) is 10.8 Å². The van der Waals surface area contributed by atoms with Gasteiger partial charge in [-0.1, -0.05) is 193 Å². The van der Waals surface area contributed by atoms with Crippen molar-refractivity contribution in [3.63, 3.8) is 0 Å². The van der Waals surface area contributed by atoms with Crippen LogP contribution in [0.1, 0.15) is 46.0 Å². The molecule has 2 atom stereocenters. The van der Waals surface area contributed by atoms with Crippen molar-refractivity contribution in [2.75, 3.05) is 17.7 Å². The number of hydrogen-bond donors (Lipinski definition) is 3. The lowest BCUT2D eigenvalue weighted by molar-refractivity contribution is -0.150. The first-order valence-corrected chi connectivity index (χ1v) is 23.8. The molecule has 1 saturated heterocycles. The van der Waals surface area contributed by atoms with E-state index in [4.69, 9.17) is 19.7 Å². The minimum absolute atomic E-state index is 0.111. The molecule has 9 rings (SSSR count). The maximum Gasteiger partial charge on any atom is 0.384 e. The lowest BCUT2D eigenvalue weighted by Crippen LogP contribution is -2.71. The van der Waals surface area contributed by atoms with Gasteiger partial charge < -0.3 is 25.3 Å². The fourth-order valence-electron chi connectivity index (χ4n) is 8.67. The number of thiazole rings is 1. The number of benzene rings is 6. The molecule has 0 bridgehead atoms. The number of thioether (sulfide) groups is 1. The van der Waals surface area contributed by atoms with Gasteiger partial charge in [0.25, 0.3) is 11.8 Å². The van der Waals surface area contributed by atoms with Crippen LogP contribution in [-0.4, -0.2) is 68.2 Å². The molecule has 3 N–H and O–H groups in total. The van der Waals surface area contributed by atoms with Gasteiger partial charge in [-0.25, -0.2) is 14.6 Å². The summed E-state index contributed by atoms with van der Waals surface area (Å²) in [5.74, 6) is 1.18. The van der Waals surface area contributed by atoms with Crippen molar-refractivity contribution in [1.82, 2.24) is 15.2 Å². The lowest BCUT2D eigenvalue weighted by Gasteiger charge is -2.49. The van der Waals surface area contributed by atoms with E-state index in [0.717, 1.165) is 38.3 Å². The molecule has 0 aliphatic carbocycles. The highest BCUT2D eigenvalue weighted by atomic mass is 32.2. The number of β-lactam (4-membered cyclic amide) rings is 1. The molecule has 342 valence electrons. The molecule has 2 amide bonds. The van der Waals surface area contributed by atoms with Crippen LogP contribution in [0.4, 0.5) is 5.13 Å². The molecule has 0 saturated carbocycles. The Labute approximate surface area is 406 Å². The number of amides is 2. The number of fused-ring (bicyclic) bond motifs is 1. The molecule has 14 heteroatoms. The molecular weight excluding hydrogens is 907 g/mol. The Kier molecular flexibility index (Phi) is 13.5. The fraction of sp³-hybridized carbons (Fsp3) is 0.127. The zero-order chi connectivity index (χ0) is 47.8. The Hall–Kier alpha value is -8.25. The van der Waals surface area contributed by atoms with Gasteiger partial charge in [0.05, 0.1) is 0 Å². The summed E-state index contributed by atoms with van der Waals surface area (Å²) >= 11 is 2.50. The summed E-state index contributed by atoms with van der Waals surface area (Å²) in [5, 5.41) is 23.0. The second-order valence-electron chi connectivity index (χ2n) is 15.9. The SMILES string of the molecule is CC#CC(=O)OCC1=C(C(=O)O)N2C(=O)[C@@H](NC(=O)/C(=N\OC(c3ccccc3)(c3ccccc3)c3ccccc3)c3csc(NC(c4ccccc4)(c4ccccc4)c4ccccc4)n3)[C@H]2SC1. The van der Waals surface area contributed by atoms with Crippen molar-refractivity contribution in [2.45, 2.75) is 29.5 Å². The average molecular weight is 950 g/mol. The van der Waals surface area contributed by atoms with E-state index in [1.807, 2.05) is 146 Å². The first kappa shape index (κ1) is 45.9. The van der Waals surface area contributed by atoms with Gasteiger partial charge in [-0.3, -0.25) is 14.5 Å². The molecule has 0 radical (unpaired) electrons. The predicted octanol–water partition coefficient (Wildman–Crippen LogP) is 8.57. The predicted molar refractivity (Wildman–Crippen MR) is 266 cm³/mol. The Morgan fingerprint density at radius 2 is 1.20 bits per heavy atom. The average Bonchev–Trinajstić information content (AvgIpc) is 3.86. The molecule has 7 aromatic rings. The van der Waals surface area contributed by atoms with E-state index in [2.05, 4.69) is 58.9 Å². The first-order valence-electron chi connectivity index (χ1n) is 21.9. The van der Waals surface area contributed by atoms with Gasteiger partial charge in [-0.05, 0) is 23.6 Å². The summed E-state index contributed by atoms with van der Waals surface area (Å²) in [6, 6.07) is 57.6. The van der Waals surface area contributed by atoms with Crippen LogP contribution in [0.3, 0.4) is 0 Å². The number of carbonyl (C=O) groups excluding carboxylic acids is 3. The number of rotatable bonds is 16. The van der Waals surface area contributed by atoms with Gasteiger partial charge >= 0.3 is 11.9 Å². The van der Waals surface area contributed by atoms with Gasteiger partial charge in [0.1, 0.15) is 35.0 Å². The third-order valence-corrected chi connectivity index (χ3v) is 13.9. The van der Waals surface area contributed by atoms with E-state index in [1.165, 1.54) is 30.0 Å². The number of nitrogens with one attached hydrogen (secondary N) is 2. The molecule has 3 heterocycles. The summed E-state index contributed by atoms with van der Waals surface area (Å²) < 4.78 is 5.18. The van der Waals surface area contributed by atoms with E-state index >= 15 is 4.79 Å². The van der Waals surface area contributed by atoms with Crippen LogP contribution in [0, 0.1) is 11.8 Å². The normalized spacial score (nSPS) is 15.7. The molecule has 6 aromatic carbocycles. The number of carboxylic acids is 1. The zero-order valence-corrected chi connectivity index (χ0v) is 38.7. The zero-order valence-electron chi connectivity index (χ0n) is 37.0. The highest BCUT2D eigenvalue weighted by Crippen LogP contribution is 2.44. The maximum absolute atomic E-state index is 15.0. The highest BCUT2D eigenvalue weighted by Gasteiger charge is 2.55. The summed E-state index contributed by atoms with van der Waals surface area (Å²) in [4.78, 5) is 66.7. The molecule has 2 aliphatic heterocycles. The number of oxime groups is 1. The van der Waals surface area contributed by atoms with Crippen molar-refractivity contribution >= 4 is 57.7 Å². The van der Waals surface area contributed by atoms with Crippen LogP contribution in [0.15, 0.2) is 204 Å². The number of aliphatic carboxylic acids is 1. The van der Waals surface area contributed by atoms with E-state index < -0.39 is 46.3 Å². The molecule has 1 fully saturated rings. The summed E-state index contributed by atoms with van der Waals surface area (Å²) in [7, 11) is 0.